The number of carbonyl (C=O) groups excluding carboxylic acids is 8. The Morgan fingerprint density at radius 3 is 1.59 bits per heavy atom. The van der Waals surface area contributed by atoms with Gasteiger partial charge in [0.2, 0.25) is 11.8 Å². The van der Waals surface area contributed by atoms with E-state index in [1.165, 1.54) is 21.6 Å². The first-order valence-corrected chi connectivity index (χ1v) is 27.9. The van der Waals surface area contributed by atoms with Crippen LogP contribution in [0.15, 0.2) is 60.7 Å². The van der Waals surface area contributed by atoms with E-state index in [-0.39, 0.29) is 107 Å². The first-order chi connectivity index (χ1) is 36.0. The molecule has 74 heavy (non-hydrogen) atoms. The van der Waals surface area contributed by atoms with Crippen molar-refractivity contribution >= 4 is 69.0 Å². The smallest absolute Gasteiger partial charge is 0.407 e. The molecule has 0 aliphatic heterocycles. The fourth-order valence-electron chi connectivity index (χ4n) is 6.90. The van der Waals surface area contributed by atoms with Crippen LogP contribution in [0.5, 0.6) is 0 Å². The van der Waals surface area contributed by atoms with Gasteiger partial charge in [0.05, 0.1) is 45.6 Å². The van der Waals surface area contributed by atoms with E-state index in [0.29, 0.717) is 109 Å². The monoisotopic (exact) mass is 1080 g/mol. The van der Waals surface area contributed by atoms with Crippen molar-refractivity contribution < 1.29 is 76.3 Å². The van der Waals surface area contributed by atoms with E-state index in [2.05, 4.69) is 16.0 Å². The SMILES string of the molecule is COCCOCCOC(=O)CCCNC(=O)CCCCC(=O)CC(Cc1ccccc1)C(=O)OCCSSCCOC(=O)C(Cc1ccccc1)NC(=O)CCCCC(=O)CCCNC(=O)OCCOCCOC. The molecule has 2 aromatic carbocycles. The van der Waals surface area contributed by atoms with Gasteiger partial charge in [0.25, 0.3) is 0 Å². The first-order valence-electron chi connectivity index (χ1n) is 25.4. The summed E-state index contributed by atoms with van der Waals surface area (Å²) in [5.41, 5.74) is 1.76. The van der Waals surface area contributed by atoms with Gasteiger partial charge in [-0.1, -0.05) is 82.3 Å². The second-order valence-corrected chi connectivity index (χ2v) is 19.6. The van der Waals surface area contributed by atoms with Gasteiger partial charge < -0.3 is 53.8 Å². The van der Waals surface area contributed by atoms with Gasteiger partial charge in [-0.3, -0.25) is 28.8 Å². The van der Waals surface area contributed by atoms with Crippen molar-refractivity contribution in [3.63, 3.8) is 0 Å². The highest BCUT2D eigenvalue weighted by molar-refractivity contribution is 8.76. The Morgan fingerprint density at radius 1 is 0.473 bits per heavy atom. The normalized spacial score (nSPS) is 11.7. The molecule has 2 atom stereocenters. The highest BCUT2D eigenvalue weighted by atomic mass is 33.1. The number of alkyl carbamates (subject to hydrolysis) is 1. The van der Waals surface area contributed by atoms with E-state index in [9.17, 15) is 38.4 Å². The minimum absolute atomic E-state index is 0.0191. The molecule has 0 bridgehead atoms. The van der Waals surface area contributed by atoms with Crippen LogP contribution in [0.3, 0.4) is 0 Å². The standard InChI is InChI=1S/C53H79N3O16S2/c1-65-27-29-67-31-33-69-50(61)24-14-25-54-48(59)22-11-10-20-46(58)41-44(39-42-15-5-3-6-16-42)51(62)70-35-37-73-74-38-36-71-52(63)47(40-43-17-7-4-8-18-43)56-49(60)23-12-9-19-45(57)21-13-26-55-53(64)72-34-32-68-30-28-66-2/h3-8,15-18,44,47H,9-14,19-41H2,1-2H3,(H,54,59)(H,55,64)(H,56,60). The molecule has 0 saturated carbocycles. The van der Waals surface area contributed by atoms with Crippen molar-refractivity contribution in [3.05, 3.63) is 71.8 Å². The largest absolute Gasteiger partial charge is 0.465 e. The number of carbonyl (C=O) groups is 8. The predicted molar refractivity (Wildman–Crippen MR) is 281 cm³/mol. The van der Waals surface area contributed by atoms with Gasteiger partial charge in [-0.2, -0.15) is 0 Å². The lowest BCUT2D eigenvalue weighted by Gasteiger charge is -2.18. The Morgan fingerprint density at radius 2 is 0.973 bits per heavy atom. The average molecular weight is 1080 g/mol. The molecule has 0 fully saturated rings. The molecule has 0 aromatic heterocycles. The number of benzene rings is 2. The van der Waals surface area contributed by atoms with Crippen LogP contribution in [0, 0.1) is 5.92 Å². The molecular formula is C53H79N3O16S2. The molecule has 19 nitrogen and oxygen atoms in total. The number of hydrogen-bond donors (Lipinski definition) is 3. The molecule has 0 heterocycles. The Bertz CT molecular complexity index is 1750. The quantitative estimate of drug-likeness (QED) is 0.0299. The van der Waals surface area contributed by atoms with E-state index in [4.69, 9.17) is 37.9 Å². The van der Waals surface area contributed by atoms with E-state index in [1.54, 1.807) is 14.2 Å². The summed E-state index contributed by atoms with van der Waals surface area (Å²) in [7, 11) is 6.04. The zero-order chi connectivity index (χ0) is 53.7. The van der Waals surface area contributed by atoms with Gasteiger partial charge >= 0.3 is 24.0 Å². The number of Topliss-reactive ketones (excluding diaryl/α,β-unsaturated/α-hetero) is 2. The van der Waals surface area contributed by atoms with Crippen LogP contribution in [0.2, 0.25) is 0 Å². The molecule has 2 aromatic rings. The van der Waals surface area contributed by atoms with Gasteiger partial charge in [-0.15, -0.1) is 0 Å². The second-order valence-electron chi connectivity index (χ2n) is 16.9. The molecule has 2 unspecified atom stereocenters. The summed E-state index contributed by atoms with van der Waals surface area (Å²) in [4.78, 5) is 101. The zero-order valence-corrected chi connectivity index (χ0v) is 44.9. The summed E-state index contributed by atoms with van der Waals surface area (Å²) in [5.74, 6) is -1.67. The zero-order valence-electron chi connectivity index (χ0n) is 43.3. The number of rotatable bonds is 46. The lowest BCUT2D eigenvalue weighted by Crippen LogP contribution is -2.43. The minimum Gasteiger partial charge on any atom is -0.465 e. The summed E-state index contributed by atoms with van der Waals surface area (Å²) >= 11 is 0. The Kier molecular flexibility index (Phi) is 38.9. The van der Waals surface area contributed by atoms with Crippen LogP contribution in [0.25, 0.3) is 0 Å². The summed E-state index contributed by atoms with van der Waals surface area (Å²) in [6.45, 7) is 3.44. The molecule has 0 saturated heterocycles. The van der Waals surface area contributed by atoms with Crippen molar-refractivity contribution in [2.45, 2.75) is 102 Å². The molecule has 3 amide bonds. The Hall–Kier alpha value is -5.06. The number of amides is 3. The summed E-state index contributed by atoms with van der Waals surface area (Å²) in [6.07, 6.45) is 4.26. The lowest BCUT2D eigenvalue weighted by atomic mass is 9.92. The van der Waals surface area contributed by atoms with Crippen LogP contribution in [0.1, 0.15) is 94.6 Å². The Balaban J connectivity index is 1.65. The fourth-order valence-corrected chi connectivity index (χ4v) is 8.55. The molecule has 0 aliphatic carbocycles. The molecule has 0 spiro atoms. The number of hydrogen-bond acceptors (Lipinski definition) is 18. The summed E-state index contributed by atoms with van der Waals surface area (Å²) in [6, 6.07) is 17.8. The van der Waals surface area contributed by atoms with E-state index in [1.807, 2.05) is 60.7 Å². The number of esters is 3. The predicted octanol–water partition coefficient (Wildman–Crippen LogP) is 5.96. The highest BCUT2D eigenvalue weighted by Crippen LogP contribution is 2.22. The van der Waals surface area contributed by atoms with Crippen LogP contribution in [-0.2, 0) is 84.3 Å². The number of methoxy groups -OCH3 is 2. The van der Waals surface area contributed by atoms with Crippen molar-refractivity contribution in [2.75, 3.05) is 105 Å². The number of ketones is 2. The van der Waals surface area contributed by atoms with Crippen LogP contribution in [-0.4, -0.2) is 158 Å². The summed E-state index contributed by atoms with van der Waals surface area (Å²) < 4.78 is 41.5. The molecule has 3 N–H and O–H groups in total. The van der Waals surface area contributed by atoms with E-state index >= 15 is 0 Å². The third kappa shape index (κ3) is 36.0. The summed E-state index contributed by atoms with van der Waals surface area (Å²) in [5, 5.41) is 8.20. The van der Waals surface area contributed by atoms with Gasteiger partial charge in [-0.25, -0.2) is 9.59 Å². The number of nitrogens with one attached hydrogen (secondary N) is 3. The fraction of sp³-hybridized carbons (Fsp3) is 0.623. The maximum atomic E-state index is 13.3. The van der Waals surface area contributed by atoms with Crippen LogP contribution >= 0.6 is 21.6 Å². The molecule has 21 heteroatoms. The number of ether oxygens (including phenoxy) is 8. The highest BCUT2D eigenvalue weighted by Gasteiger charge is 2.25. The van der Waals surface area contributed by atoms with Crippen molar-refractivity contribution in [3.8, 4) is 0 Å². The molecule has 0 aliphatic rings. The maximum absolute atomic E-state index is 13.3. The lowest BCUT2D eigenvalue weighted by molar-refractivity contribution is -0.149. The number of unbranched alkanes of at least 4 members (excludes halogenated alkanes) is 2. The third-order valence-electron chi connectivity index (χ3n) is 10.8. The van der Waals surface area contributed by atoms with Gasteiger partial charge in [0, 0.05) is 90.2 Å². The van der Waals surface area contributed by atoms with Gasteiger partial charge in [-0.05, 0) is 56.1 Å². The van der Waals surface area contributed by atoms with Gasteiger partial charge in [0.15, 0.2) is 0 Å². The average Bonchev–Trinajstić information content (AvgIpc) is 3.39. The van der Waals surface area contributed by atoms with Gasteiger partial charge in [0.1, 0.15) is 44.0 Å². The maximum Gasteiger partial charge on any atom is 0.407 e. The van der Waals surface area contributed by atoms with Crippen molar-refractivity contribution in [1.29, 1.82) is 0 Å². The molecular weight excluding hydrogens is 999 g/mol. The van der Waals surface area contributed by atoms with Crippen molar-refractivity contribution in [2.24, 2.45) is 5.92 Å². The molecule has 0 radical (unpaired) electrons. The first kappa shape index (κ1) is 65.1. The van der Waals surface area contributed by atoms with Crippen LogP contribution in [0.4, 0.5) is 4.79 Å². The second kappa shape index (κ2) is 44.3. The Labute approximate surface area is 444 Å². The van der Waals surface area contributed by atoms with E-state index < -0.39 is 30.0 Å². The van der Waals surface area contributed by atoms with E-state index in [0.717, 1.165) is 11.1 Å². The molecule has 414 valence electrons. The molecule has 2 rings (SSSR count). The third-order valence-corrected chi connectivity index (χ3v) is 13.1. The van der Waals surface area contributed by atoms with Crippen molar-refractivity contribution in [1.82, 2.24) is 16.0 Å². The van der Waals surface area contributed by atoms with Crippen LogP contribution < -0.4 is 16.0 Å². The minimum atomic E-state index is -0.904. The topological polar surface area (TPSA) is 246 Å².